The minimum absolute atomic E-state index is 0.305. The first-order valence-corrected chi connectivity index (χ1v) is 6.44. The maximum atomic E-state index is 11.7. The van der Waals surface area contributed by atoms with Crippen molar-refractivity contribution in [3.63, 3.8) is 0 Å². The third-order valence-electron chi connectivity index (χ3n) is 2.89. The van der Waals surface area contributed by atoms with E-state index in [9.17, 15) is 4.79 Å². The smallest absolute Gasteiger partial charge is 0.328 e. The number of ether oxygens (including phenoxy) is 1. The van der Waals surface area contributed by atoms with Gasteiger partial charge in [0.25, 0.3) is 0 Å². The maximum Gasteiger partial charge on any atom is 0.328 e. The van der Waals surface area contributed by atoms with Crippen molar-refractivity contribution >= 4 is 5.97 Å². The molecule has 1 rings (SSSR count). The molecule has 1 unspecified atom stereocenters. The molecule has 0 saturated heterocycles. The summed E-state index contributed by atoms with van der Waals surface area (Å²) in [5.74, 6) is 0.911. The highest BCUT2D eigenvalue weighted by Crippen LogP contribution is 2.34. The Morgan fingerprint density at radius 2 is 1.50 bits per heavy atom. The molecule has 1 atom stereocenters. The monoisotopic (exact) mass is 249 g/mol. The summed E-state index contributed by atoms with van der Waals surface area (Å²) < 4.78 is 5.50. The molecule has 0 aliphatic rings. The minimum atomic E-state index is -0.606. The van der Waals surface area contributed by atoms with E-state index in [2.05, 4.69) is 27.7 Å². The topological polar surface area (TPSA) is 52.3 Å². The fourth-order valence-corrected chi connectivity index (χ4v) is 1.79. The summed E-state index contributed by atoms with van der Waals surface area (Å²) in [4.78, 5) is 11.7. The lowest BCUT2D eigenvalue weighted by atomic mass is 9.94. The fraction of sp³-hybridized carbons (Fsp3) is 0.533. The standard InChI is InChI=1S/C15H23NO2/c1-9(2)12-7-6-8-13(10(3)4)14(12)18-15(17)11(5)16/h6-11H,16H2,1-5H3. The Morgan fingerprint density at radius 1 is 1.06 bits per heavy atom. The summed E-state index contributed by atoms with van der Waals surface area (Å²) in [5.41, 5.74) is 7.66. The third-order valence-corrected chi connectivity index (χ3v) is 2.89. The van der Waals surface area contributed by atoms with Gasteiger partial charge in [0.2, 0.25) is 0 Å². The van der Waals surface area contributed by atoms with Gasteiger partial charge in [-0.1, -0.05) is 45.9 Å². The number of esters is 1. The quantitative estimate of drug-likeness (QED) is 0.658. The minimum Gasteiger partial charge on any atom is -0.425 e. The summed E-state index contributed by atoms with van der Waals surface area (Å²) in [7, 11) is 0. The first kappa shape index (κ1) is 14.7. The number of hydrogen-bond donors (Lipinski definition) is 1. The van der Waals surface area contributed by atoms with Gasteiger partial charge in [0.05, 0.1) is 0 Å². The molecule has 3 nitrogen and oxygen atoms in total. The van der Waals surface area contributed by atoms with E-state index < -0.39 is 6.04 Å². The number of hydrogen-bond acceptors (Lipinski definition) is 3. The Morgan fingerprint density at radius 3 is 1.83 bits per heavy atom. The molecule has 2 N–H and O–H groups in total. The molecule has 0 radical (unpaired) electrons. The highest BCUT2D eigenvalue weighted by molar-refractivity contribution is 5.78. The predicted octanol–water partition coefficient (Wildman–Crippen LogP) is 3.19. The maximum absolute atomic E-state index is 11.7. The van der Waals surface area contributed by atoms with Crippen LogP contribution in [0.15, 0.2) is 18.2 Å². The van der Waals surface area contributed by atoms with E-state index in [1.165, 1.54) is 0 Å². The van der Waals surface area contributed by atoms with Crippen LogP contribution in [0.3, 0.4) is 0 Å². The van der Waals surface area contributed by atoms with E-state index in [0.29, 0.717) is 17.6 Å². The molecular weight excluding hydrogens is 226 g/mol. The van der Waals surface area contributed by atoms with Crippen molar-refractivity contribution in [2.45, 2.75) is 52.5 Å². The Bertz CT molecular complexity index is 396. The molecule has 1 aromatic rings. The molecule has 0 heterocycles. The van der Waals surface area contributed by atoms with Gasteiger partial charge in [-0.2, -0.15) is 0 Å². The molecule has 100 valence electrons. The zero-order valence-corrected chi connectivity index (χ0v) is 11.9. The Kier molecular flexibility index (Phi) is 4.91. The van der Waals surface area contributed by atoms with Crippen molar-refractivity contribution in [3.8, 4) is 5.75 Å². The molecule has 0 aliphatic carbocycles. The highest BCUT2D eigenvalue weighted by Gasteiger charge is 2.19. The van der Waals surface area contributed by atoms with E-state index in [-0.39, 0.29) is 5.97 Å². The lowest BCUT2D eigenvalue weighted by Crippen LogP contribution is -2.31. The van der Waals surface area contributed by atoms with Gasteiger partial charge in [0.15, 0.2) is 0 Å². The molecule has 0 aliphatic heterocycles. The summed E-state index contributed by atoms with van der Waals surface area (Å²) in [6, 6.07) is 5.40. The second kappa shape index (κ2) is 6.01. The van der Waals surface area contributed by atoms with E-state index in [0.717, 1.165) is 11.1 Å². The zero-order valence-electron chi connectivity index (χ0n) is 11.9. The van der Waals surface area contributed by atoms with Gasteiger partial charge < -0.3 is 10.5 Å². The molecule has 18 heavy (non-hydrogen) atoms. The van der Waals surface area contributed by atoms with Crippen molar-refractivity contribution in [2.75, 3.05) is 0 Å². The van der Waals surface area contributed by atoms with E-state index in [4.69, 9.17) is 10.5 Å². The summed E-state index contributed by atoms with van der Waals surface area (Å²) in [6.45, 7) is 9.98. The Labute approximate surface area is 109 Å². The van der Waals surface area contributed by atoms with Crippen LogP contribution in [0.1, 0.15) is 57.6 Å². The molecule has 0 amide bonds. The first-order chi connectivity index (χ1) is 8.34. The molecule has 0 spiro atoms. The van der Waals surface area contributed by atoms with Gasteiger partial charge in [-0.15, -0.1) is 0 Å². The van der Waals surface area contributed by atoms with Crippen LogP contribution in [0.2, 0.25) is 0 Å². The molecule has 1 aromatic carbocycles. The van der Waals surface area contributed by atoms with Gasteiger partial charge in [-0.05, 0) is 29.9 Å². The average molecular weight is 249 g/mol. The fourth-order valence-electron chi connectivity index (χ4n) is 1.79. The predicted molar refractivity (Wildman–Crippen MR) is 73.9 cm³/mol. The van der Waals surface area contributed by atoms with Crippen LogP contribution in [-0.4, -0.2) is 12.0 Å². The molecule has 0 aromatic heterocycles. The van der Waals surface area contributed by atoms with Crippen LogP contribution in [0, 0.1) is 0 Å². The van der Waals surface area contributed by atoms with Crippen LogP contribution in [0.25, 0.3) is 0 Å². The van der Waals surface area contributed by atoms with Crippen molar-refractivity contribution in [1.82, 2.24) is 0 Å². The van der Waals surface area contributed by atoms with Gasteiger partial charge in [-0.25, -0.2) is 4.79 Å². The normalized spacial score (nSPS) is 12.9. The van der Waals surface area contributed by atoms with Crippen molar-refractivity contribution in [1.29, 1.82) is 0 Å². The second-order valence-electron chi connectivity index (χ2n) is 5.28. The van der Waals surface area contributed by atoms with Crippen molar-refractivity contribution in [3.05, 3.63) is 29.3 Å². The highest BCUT2D eigenvalue weighted by atomic mass is 16.5. The Hall–Kier alpha value is -1.35. The Balaban J connectivity index is 3.23. The number of benzene rings is 1. The average Bonchev–Trinajstić information content (AvgIpc) is 2.28. The first-order valence-electron chi connectivity index (χ1n) is 6.44. The number of carbonyl (C=O) groups excluding carboxylic acids is 1. The number of carbonyl (C=O) groups is 1. The molecular formula is C15H23NO2. The van der Waals surface area contributed by atoms with Gasteiger partial charge in [0.1, 0.15) is 11.8 Å². The molecule has 0 fully saturated rings. The van der Waals surface area contributed by atoms with E-state index in [1.54, 1.807) is 6.92 Å². The number of rotatable bonds is 4. The molecule has 0 bridgehead atoms. The number of para-hydroxylation sites is 1. The van der Waals surface area contributed by atoms with Gasteiger partial charge in [-0.3, -0.25) is 0 Å². The van der Waals surface area contributed by atoms with Crippen LogP contribution < -0.4 is 10.5 Å². The van der Waals surface area contributed by atoms with Crippen LogP contribution >= 0.6 is 0 Å². The summed E-state index contributed by atoms with van der Waals surface area (Å²) in [5, 5.41) is 0. The van der Waals surface area contributed by atoms with Crippen molar-refractivity contribution < 1.29 is 9.53 Å². The lowest BCUT2D eigenvalue weighted by Gasteiger charge is -2.19. The number of nitrogens with two attached hydrogens (primary N) is 1. The summed E-state index contributed by atoms with van der Waals surface area (Å²) in [6.07, 6.45) is 0. The van der Waals surface area contributed by atoms with E-state index >= 15 is 0 Å². The summed E-state index contributed by atoms with van der Waals surface area (Å²) >= 11 is 0. The largest absolute Gasteiger partial charge is 0.425 e. The molecule has 3 heteroatoms. The van der Waals surface area contributed by atoms with Gasteiger partial charge in [0, 0.05) is 0 Å². The lowest BCUT2D eigenvalue weighted by molar-refractivity contribution is -0.135. The van der Waals surface area contributed by atoms with Crippen LogP contribution in [0.4, 0.5) is 0 Å². The third kappa shape index (κ3) is 3.33. The van der Waals surface area contributed by atoms with E-state index in [1.807, 2.05) is 18.2 Å². The zero-order chi connectivity index (χ0) is 13.9. The molecule has 0 saturated carbocycles. The van der Waals surface area contributed by atoms with Crippen LogP contribution in [0.5, 0.6) is 5.75 Å². The van der Waals surface area contributed by atoms with Crippen molar-refractivity contribution in [2.24, 2.45) is 5.73 Å². The second-order valence-corrected chi connectivity index (χ2v) is 5.28. The SMILES string of the molecule is CC(N)C(=O)Oc1c(C(C)C)cccc1C(C)C. The van der Waals surface area contributed by atoms with Crippen LogP contribution in [-0.2, 0) is 4.79 Å². The van der Waals surface area contributed by atoms with Gasteiger partial charge >= 0.3 is 5.97 Å².